The van der Waals surface area contributed by atoms with E-state index in [1.54, 1.807) is 0 Å². The number of anilines is 3. The van der Waals surface area contributed by atoms with Crippen LogP contribution in [-0.4, -0.2) is 0 Å². The van der Waals surface area contributed by atoms with Gasteiger partial charge in [0.1, 0.15) is 0 Å². The van der Waals surface area contributed by atoms with Crippen molar-refractivity contribution >= 4 is 29.2 Å². The smallest absolute Gasteiger partial charge is 0.0698 e. The van der Waals surface area contributed by atoms with Gasteiger partial charge in [-0.25, -0.2) is 0 Å². The van der Waals surface area contributed by atoms with Crippen molar-refractivity contribution in [3.63, 3.8) is 0 Å². The molecule has 1 nitrogen and oxygen atoms in total. The fourth-order valence-corrected chi connectivity index (χ4v) is 10.5. The van der Waals surface area contributed by atoms with Crippen molar-refractivity contribution < 1.29 is 0 Å². The molecule has 0 aliphatic heterocycles. The van der Waals surface area contributed by atoms with E-state index in [2.05, 4.69) is 255 Å². The van der Waals surface area contributed by atoms with Crippen molar-refractivity contribution in [2.75, 3.05) is 4.90 Å². The molecule has 8 aromatic carbocycles. The first-order valence-electron chi connectivity index (χ1n) is 22.7. The van der Waals surface area contributed by atoms with Gasteiger partial charge in [-0.2, -0.15) is 0 Å². The van der Waals surface area contributed by atoms with Crippen LogP contribution in [0.2, 0.25) is 0 Å². The van der Waals surface area contributed by atoms with Crippen molar-refractivity contribution in [3.8, 4) is 22.3 Å². The van der Waals surface area contributed by atoms with Crippen LogP contribution >= 0.6 is 0 Å². The second-order valence-electron chi connectivity index (χ2n) is 17.0. The zero-order chi connectivity index (χ0) is 42.6. The average molecular weight is 812 g/mol. The first kappa shape index (κ1) is 39.9. The molecular weight excluding hydrogens is 759 g/mol. The van der Waals surface area contributed by atoms with Crippen molar-refractivity contribution in [1.82, 2.24) is 0 Å². The van der Waals surface area contributed by atoms with E-state index in [-0.39, 0.29) is 5.41 Å². The summed E-state index contributed by atoms with van der Waals surface area (Å²) in [5, 5.41) is 0. The minimum Gasteiger partial charge on any atom is -0.310 e. The van der Waals surface area contributed by atoms with Gasteiger partial charge in [0.05, 0.1) is 5.41 Å². The molecule has 0 radical (unpaired) electrons. The Morgan fingerprint density at radius 1 is 0.460 bits per heavy atom. The summed E-state index contributed by atoms with van der Waals surface area (Å²) in [5.74, 6) is 0. The molecule has 1 heteroatoms. The van der Waals surface area contributed by atoms with Crippen molar-refractivity contribution in [1.29, 1.82) is 0 Å². The van der Waals surface area contributed by atoms with E-state index < -0.39 is 5.41 Å². The number of nitrogens with zero attached hydrogens (tertiary/aromatic N) is 1. The SMILES string of the molecule is CCC1(CC)c2cc(/C=C/c3ccc(-c4ccc(C(C5=CCCC=C5)(c5ccccc5)c5ccccc5)cc4)cc3)ccc2-c2ccc(N(c3ccccc3)c3ccccc3)cc21. The van der Waals surface area contributed by atoms with Crippen LogP contribution in [0.15, 0.2) is 230 Å². The molecule has 8 aromatic rings. The van der Waals surface area contributed by atoms with Gasteiger partial charge in [0.25, 0.3) is 0 Å². The van der Waals surface area contributed by atoms with E-state index in [1.165, 1.54) is 72.5 Å². The number of fused-ring (bicyclic) bond motifs is 3. The Kier molecular flexibility index (Phi) is 10.9. The largest absolute Gasteiger partial charge is 0.310 e. The molecule has 0 bridgehead atoms. The molecule has 0 N–H and O–H groups in total. The maximum Gasteiger partial charge on any atom is 0.0698 e. The predicted octanol–water partition coefficient (Wildman–Crippen LogP) is 16.7. The third-order valence-corrected chi connectivity index (χ3v) is 13.7. The summed E-state index contributed by atoms with van der Waals surface area (Å²) in [5.41, 5.74) is 18.6. The first-order valence-corrected chi connectivity index (χ1v) is 22.7. The van der Waals surface area contributed by atoms with Crippen LogP contribution in [0.1, 0.15) is 78.5 Å². The van der Waals surface area contributed by atoms with Crippen LogP contribution < -0.4 is 4.90 Å². The molecular formula is C62H53N. The lowest BCUT2D eigenvalue weighted by Crippen LogP contribution is -2.31. The average Bonchev–Trinajstić information content (AvgIpc) is 3.64. The standard InChI is InChI=1S/C62H53N/c1-3-61(4-2)59-44-47(34-42-57(59)58-43-41-56(45-60(58)61)63(54-26-16-8-17-27-54)55-28-18-9-19-29-55)31-30-46-32-35-48(36-33-46)49-37-39-53(40-38-49)62(50-20-10-5-11-21-50,51-22-12-6-13-23-51)52-24-14-7-15-25-52/h5-6,8-14,16-45H,3-4,7,15H2,1-2H3/b31-30+. The van der Waals surface area contributed by atoms with Crippen LogP contribution in [0.4, 0.5) is 17.1 Å². The summed E-state index contributed by atoms with van der Waals surface area (Å²) >= 11 is 0. The van der Waals surface area contributed by atoms with Gasteiger partial charge in [0.15, 0.2) is 0 Å². The van der Waals surface area contributed by atoms with Gasteiger partial charge in [-0.1, -0.05) is 214 Å². The highest BCUT2D eigenvalue weighted by atomic mass is 15.1. The molecule has 0 aromatic heterocycles. The number of benzene rings is 8. The Labute approximate surface area is 374 Å². The normalized spacial score (nSPS) is 14.0. The summed E-state index contributed by atoms with van der Waals surface area (Å²) in [6, 6.07) is 75.9. The number of hydrogen-bond acceptors (Lipinski definition) is 1. The number of rotatable bonds is 12. The molecule has 0 fully saturated rings. The van der Waals surface area contributed by atoms with Gasteiger partial charge in [0.2, 0.25) is 0 Å². The zero-order valence-electron chi connectivity index (χ0n) is 36.3. The second kappa shape index (κ2) is 17.3. The monoisotopic (exact) mass is 811 g/mol. The highest BCUT2D eigenvalue weighted by Gasteiger charge is 2.41. The van der Waals surface area contributed by atoms with E-state index in [1.807, 2.05) is 0 Å². The fraction of sp³-hybridized carbons (Fsp3) is 0.129. The van der Waals surface area contributed by atoms with Gasteiger partial charge in [-0.05, 0) is 129 Å². The van der Waals surface area contributed by atoms with Gasteiger partial charge < -0.3 is 4.90 Å². The molecule has 0 atom stereocenters. The van der Waals surface area contributed by atoms with E-state index in [0.717, 1.165) is 37.1 Å². The zero-order valence-corrected chi connectivity index (χ0v) is 36.3. The second-order valence-corrected chi connectivity index (χ2v) is 17.0. The van der Waals surface area contributed by atoms with Gasteiger partial charge in [-0.15, -0.1) is 0 Å². The molecule has 0 spiro atoms. The molecule has 2 aliphatic rings. The molecule has 0 saturated heterocycles. The van der Waals surface area contributed by atoms with Crippen molar-refractivity contribution in [3.05, 3.63) is 269 Å². The summed E-state index contributed by atoms with van der Waals surface area (Å²) in [6.45, 7) is 4.71. The summed E-state index contributed by atoms with van der Waals surface area (Å²) in [6.07, 6.45) is 15.9. The lowest BCUT2D eigenvalue weighted by molar-refractivity contribution is 0.490. The molecule has 0 heterocycles. The van der Waals surface area contributed by atoms with Gasteiger partial charge in [-0.3, -0.25) is 0 Å². The lowest BCUT2D eigenvalue weighted by Gasteiger charge is -2.38. The van der Waals surface area contributed by atoms with Crippen molar-refractivity contribution in [2.45, 2.75) is 50.4 Å². The maximum absolute atomic E-state index is 2.46. The van der Waals surface area contributed by atoms with E-state index in [9.17, 15) is 0 Å². The number of hydrogen-bond donors (Lipinski definition) is 0. The minimum absolute atomic E-state index is 0.0628. The molecule has 0 saturated carbocycles. The van der Waals surface area contributed by atoms with Gasteiger partial charge >= 0.3 is 0 Å². The third-order valence-electron chi connectivity index (χ3n) is 13.7. The number of allylic oxidation sites excluding steroid dienone is 4. The van der Waals surface area contributed by atoms with Crippen LogP contribution in [0.5, 0.6) is 0 Å². The highest BCUT2D eigenvalue weighted by Crippen LogP contribution is 2.54. The van der Waals surface area contributed by atoms with E-state index >= 15 is 0 Å². The first-order chi connectivity index (χ1) is 31.1. The highest BCUT2D eigenvalue weighted by molar-refractivity contribution is 5.87. The minimum atomic E-state index is -0.407. The quantitative estimate of drug-likeness (QED) is 0.0877. The van der Waals surface area contributed by atoms with Crippen LogP contribution in [-0.2, 0) is 10.8 Å². The molecule has 306 valence electrons. The summed E-state index contributed by atoms with van der Waals surface area (Å²) in [7, 11) is 0. The summed E-state index contributed by atoms with van der Waals surface area (Å²) < 4.78 is 0. The molecule has 63 heavy (non-hydrogen) atoms. The van der Waals surface area contributed by atoms with Crippen LogP contribution in [0.3, 0.4) is 0 Å². The Morgan fingerprint density at radius 3 is 1.48 bits per heavy atom. The fourth-order valence-electron chi connectivity index (χ4n) is 10.5. The van der Waals surface area contributed by atoms with Crippen LogP contribution in [0.25, 0.3) is 34.4 Å². The van der Waals surface area contributed by atoms with E-state index in [0.29, 0.717) is 0 Å². The van der Waals surface area contributed by atoms with Crippen molar-refractivity contribution in [2.24, 2.45) is 0 Å². The maximum atomic E-state index is 2.46. The Balaban J connectivity index is 0.927. The Morgan fingerprint density at radius 2 is 0.937 bits per heavy atom. The third kappa shape index (κ3) is 7.18. The van der Waals surface area contributed by atoms with Gasteiger partial charge in [0, 0.05) is 22.5 Å². The topological polar surface area (TPSA) is 3.24 Å². The molecule has 2 aliphatic carbocycles. The van der Waals surface area contributed by atoms with E-state index in [4.69, 9.17) is 0 Å². The Hall–Kier alpha value is -7.22. The Bertz CT molecular complexity index is 2840. The molecule has 0 amide bonds. The summed E-state index contributed by atoms with van der Waals surface area (Å²) in [4.78, 5) is 2.38. The molecule has 10 rings (SSSR count). The van der Waals surface area contributed by atoms with Crippen LogP contribution in [0, 0.1) is 0 Å². The molecule has 0 unspecified atom stereocenters. The number of para-hydroxylation sites is 2. The predicted molar refractivity (Wildman–Crippen MR) is 268 cm³/mol. The lowest BCUT2D eigenvalue weighted by atomic mass is 9.63.